The van der Waals surface area contributed by atoms with Crippen molar-refractivity contribution in [2.24, 2.45) is 0 Å². The molecule has 2 heterocycles. The lowest BCUT2D eigenvalue weighted by Crippen LogP contribution is -2.29. The minimum Gasteiger partial charge on any atom is -0.454 e. The highest BCUT2D eigenvalue weighted by Crippen LogP contribution is 2.34. The molecule has 0 atom stereocenters. The van der Waals surface area contributed by atoms with Crippen LogP contribution in [0.1, 0.15) is 12.7 Å². The third-order valence-electron chi connectivity index (χ3n) is 5.00. The minimum atomic E-state index is -1.59. The number of benzene rings is 3. The molecule has 0 radical (unpaired) electrons. The Morgan fingerprint density at radius 1 is 0.926 bits per heavy atom. The maximum Gasteiger partial charge on any atom is 0.492 e. The number of rotatable bonds is 3. The van der Waals surface area contributed by atoms with E-state index < -0.39 is 7.12 Å². The summed E-state index contributed by atoms with van der Waals surface area (Å²) in [6.07, 6.45) is 0.784. The first-order valence-electron chi connectivity index (χ1n) is 8.96. The first-order valence-corrected chi connectivity index (χ1v) is 8.96. The topological polar surface area (TPSA) is 71.4 Å². The zero-order valence-electron chi connectivity index (χ0n) is 14.8. The fourth-order valence-corrected chi connectivity index (χ4v) is 3.79. The van der Waals surface area contributed by atoms with Crippen LogP contribution in [0, 0.1) is 0 Å². The highest BCUT2D eigenvalue weighted by Gasteiger charge is 2.21. The van der Waals surface area contributed by atoms with Crippen LogP contribution in [0.3, 0.4) is 0 Å². The van der Waals surface area contributed by atoms with Gasteiger partial charge in [0.05, 0.1) is 16.7 Å². The third-order valence-corrected chi connectivity index (χ3v) is 5.00. The number of fused-ring (bicyclic) bond motifs is 4. The Kier molecular flexibility index (Phi) is 3.57. The van der Waals surface area contributed by atoms with Crippen LogP contribution in [-0.4, -0.2) is 26.7 Å². The van der Waals surface area contributed by atoms with Crippen molar-refractivity contribution >= 4 is 45.6 Å². The Bertz CT molecular complexity index is 1300. The number of nitrogens with zero attached hydrogens (tertiary/aromatic N) is 2. The summed E-state index contributed by atoms with van der Waals surface area (Å²) in [5.74, 6) is 0.951. The minimum absolute atomic E-state index is 0.362. The van der Waals surface area contributed by atoms with Gasteiger partial charge in [0, 0.05) is 22.7 Å². The van der Waals surface area contributed by atoms with E-state index in [0.717, 1.165) is 39.7 Å². The predicted molar refractivity (Wildman–Crippen MR) is 108 cm³/mol. The quantitative estimate of drug-likeness (QED) is 0.487. The van der Waals surface area contributed by atoms with Crippen molar-refractivity contribution in [2.45, 2.75) is 13.3 Å². The molecule has 5 nitrogen and oxygen atoms in total. The van der Waals surface area contributed by atoms with E-state index >= 15 is 0 Å². The van der Waals surface area contributed by atoms with Crippen LogP contribution in [0.15, 0.2) is 65.1 Å². The average molecular weight is 356 g/mol. The molecule has 0 saturated carbocycles. The number of imidazole rings is 1. The lowest BCUT2D eigenvalue weighted by molar-refractivity contribution is 0.425. The number of hydrogen-bond acceptors (Lipinski definition) is 4. The number of furan rings is 1. The molecule has 27 heavy (non-hydrogen) atoms. The smallest absolute Gasteiger partial charge is 0.454 e. The number of para-hydroxylation sites is 4. The van der Waals surface area contributed by atoms with Gasteiger partial charge in [-0.25, -0.2) is 4.98 Å². The van der Waals surface area contributed by atoms with E-state index in [4.69, 9.17) is 9.40 Å². The van der Waals surface area contributed by atoms with Gasteiger partial charge in [-0.2, -0.15) is 0 Å². The molecular weight excluding hydrogens is 339 g/mol. The lowest BCUT2D eigenvalue weighted by Gasteiger charge is -2.08. The predicted octanol–water partition coefficient (Wildman–Crippen LogP) is 3.17. The Morgan fingerprint density at radius 3 is 2.44 bits per heavy atom. The molecule has 0 spiro atoms. The maximum absolute atomic E-state index is 9.70. The molecular formula is C21H17BN2O3. The number of aryl methyl sites for hydroxylation is 1. The van der Waals surface area contributed by atoms with Crippen LogP contribution in [0.25, 0.3) is 38.7 Å². The molecule has 6 heteroatoms. The normalized spacial score (nSPS) is 11.7. The molecule has 5 aromatic rings. The largest absolute Gasteiger partial charge is 0.492 e. The highest BCUT2D eigenvalue weighted by molar-refractivity contribution is 6.61. The van der Waals surface area contributed by atoms with Gasteiger partial charge < -0.3 is 14.5 Å². The van der Waals surface area contributed by atoms with Gasteiger partial charge in [-0.3, -0.25) is 4.57 Å². The van der Waals surface area contributed by atoms with Gasteiger partial charge in [-0.05, 0) is 18.2 Å². The molecule has 0 amide bonds. The summed E-state index contributed by atoms with van der Waals surface area (Å²) >= 11 is 0. The molecule has 0 bridgehead atoms. The van der Waals surface area contributed by atoms with Gasteiger partial charge in [-0.15, -0.1) is 0 Å². The van der Waals surface area contributed by atoms with E-state index in [0.29, 0.717) is 16.6 Å². The first-order chi connectivity index (χ1) is 13.2. The summed E-state index contributed by atoms with van der Waals surface area (Å²) in [6, 6.07) is 19.4. The van der Waals surface area contributed by atoms with E-state index in [2.05, 4.69) is 11.5 Å². The van der Waals surface area contributed by atoms with E-state index in [1.54, 1.807) is 6.07 Å². The van der Waals surface area contributed by atoms with E-state index in [1.807, 2.05) is 54.6 Å². The second-order valence-corrected chi connectivity index (χ2v) is 6.56. The Morgan fingerprint density at radius 2 is 1.67 bits per heavy atom. The molecule has 2 aromatic heterocycles. The van der Waals surface area contributed by atoms with Crippen LogP contribution < -0.4 is 5.46 Å². The van der Waals surface area contributed by atoms with Gasteiger partial charge >= 0.3 is 7.12 Å². The highest BCUT2D eigenvalue weighted by atomic mass is 16.4. The van der Waals surface area contributed by atoms with E-state index in [1.165, 1.54) is 0 Å². The first kappa shape index (κ1) is 16.1. The molecule has 3 aromatic carbocycles. The van der Waals surface area contributed by atoms with Crippen molar-refractivity contribution in [3.63, 3.8) is 0 Å². The molecule has 0 unspecified atom stereocenters. The Labute approximate surface area is 155 Å². The summed E-state index contributed by atoms with van der Waals surface area (Å²) in [4.78, 5) is 4.76. The number of hydrogen-bond donors (Lipinski definition) is 2. The van der Waals surface area contributed by atoms with Crippen LogP contribution >= 0.6 is 0 Å². The van der Waals surface area contributed by atoms with E-state index in [-0.39, 0.29) is 0 Å². The summed E-state index contributed by atoms with van der Waals surface area (Å²) in [5, 5.41) is 21.2. The van der Waals surface area contributed by atoms with E-state index in [9.17, 15) is 10.0 Å². The van der Waals surface area contributed by atoms with Gasteiger partial charge in [-0.1, -0.05) is 49.4 Å². The molecule has 2 N–H and O–H groups in total. The Balaban J connectivity index is 1.91. The van der Waals surface area contributed by atoms with Crippen molar-refractivity contribution in [3.8, 4) is 5.69 Å². The standard InChI is InChI=1S/C21H17BN2O3/c1-2-19-23-16-10-3-4-11-17(16)24(19)18-12-6-8-14-13-7-5-9-15(22(25)26)20(13)27-21(14)18/h3-12,25-26H,2H2,1H3. The van der Waals surface area contributed by atoms with Crippen molar-refractivity contribution in [1.29, 1.82) is 0 Å². The molecule has 0 aliphatic heterocycles. The SMILES string of the molecule is CCc1nc2ccccc2n1-c1cccc2c1oc1c(B(O)O)cccc12. The zero-order valence-corrected chi connectivity index (χ0v) is 14.8. The maximum atomic E-state index is 9.70. The monoisotopic (exact) mass is 356 g/mol. The molecule has 0 saturated heterocycles. The molecule has 0 aliphatic carbocycles. The summed E-state index contributed by atoms with van der Waals surface area (Å²) in [5.41, 5.74) is 4.42. The van der Waals surface area contributed by atoms with Crippen LogP contribution in [0.2, 0.25) is 0 Å². The van der Waals surface area contributed by atoms with Crippen molar-refractivity contribution < 1.29 is 14.5 Å². The van der Waals surface area contributed by atoms with Crippen molar-refractivity contribution in [2.75, 3.05) is 0 Å². The molecule has 0 aliphatic rings. The fraction of sp³-hybridized carbons (Fsp3) is 0.0952. The Hall–Kier alpha value is -3.09. The van der Waals surface area contributed by atoms with Crippen LogP contribution in [0.4, 0.5) is 0 Å². The molecule has 5 rings (SSSR count). The van der Waals surface area contributed by atoms with Crippen molar-refractivity contribution in [1.82, 2.24) is 9.55 Å². The molecule has 132 valence electrons. The van der Waals surface area contributed by atoms with Gasteiger partial charge in [0.15, 0.2) is 5.58 Å². The van der Waals surface area contributed by atoms with Crippen molar-refractivity contribution in [3.05, 3.63) is 66.5 Å². The zero-order chi connectivity index (χ0) is 18.5. The summed E-state index contributed by atoms with van der Waals surface area (Å²) in [7, 11) is -1.59. The second-order valence-electron chi connectivity index (χ2n) is 6.56. The van der Waals surface area contributed by atoms with Gasteiger partial charge in [0.25, 0.3) is 0 Å². The summed E-state index contributed by atoms with van der Waals surface area (Å²) < 4.78 is 8.30. The third kappa shape index (κ3) is 2.31. The van der Waals surface area contributed by atoms with Gasteiger partial charge in [0.2, 0.25) is 0 Å². The van der Waals surface area contributed by atoms with Gasteiger partial charge in [0.1, 0.15) is 11.4 Å². The van der Waals surface area contributed by atoms with Crippen LogP contribution in [0.5, 0.6) is 0 Å². The second kappa shape index (κ2) is 5.98. The number of aromatic nitrogens is 2. The average Bonchev–Trinajstić information content (AvgIpc) is 3.25. The fourth-order valence-electron chi connectivity index (χ4n) is 3.79. The molecule has 0 fully saturated rings. The lowest BCUT2D eigenvalue weighted by atomic mass is 9.79. The summed E-state index contributed by atoms with van der Waals surface area (Å²) in [6.45, 7) is 2.08. The van der Waals surface area contributed by atoms with Crippen LogP contribution in [-0.2, 0) is 6.42 Å².